The normalized spacial score (nSPS) is 14.3. The van der Waals surface area contributed by atoms with Crippen LogP contribution in [0.15, 0.2) is 0 Å². The summed E-state index contributed by atoms with van der Waals surface area (Å²) in [7, 11) is 0. The third-order valence-electron chi connectivity index (χ3n) is 4.62. The van der Waals surface area contributed by atoms with Crippen molar-refractivity contribution >= 4 is 34.3 Å². The van der Waals surface area contributed by atoms with E-state index in [0.717, 1.165) is 19.3 Å². The number of aliphatic hydroxyl groups is 2. The molecule has 0 amide bonds. The van der Waals surface area contributed by atoms with Gasteiger partial charge < -0.3 is 10.2 Å². The van der Waals surface area contributed by atoms with Gasteiger partial charge in [-0.3, -0.25) is 13.9 Å². The third kappa shape index (κ3) is 17.0. The van der Waals surface area contributed by atoms with E-state index in [9.17, 15) is 14.5 Å². The Balaban J connectivity index is 3.70. The summed E-state index contributed by atoms with van der Waals surface area (Å²) in [6.45, 7) is 1.54. The minimum atomic E-state index is -3.96. The fraction of sp³-hybridized carbons (Fsp3) is 0.947. The second-order valence-electron chi connectivity index (χ2n) is 7.15. The van der Waals surface area contributed by atoms with Crippen LogP contribution in [-0.4, -0.2) is 34.8 Å². The van der Waals surface area contributed by atoms with Gasteiger partial charge in [0.05, 0.1) is 6.61 Å². The molecule has 0 bridgehead atoms. The van der Waals surface area contributed by atoms with Crippen molar-refractivity contribution in [3.8, 4) is 0 Å². The smallest absolute Gasteiger partial charge is 0.380 e. The zero-order valence-corrected chi connectivity index (χ0v) is 19.0. The molecule has 0 spiro atoms. The van der Waals surface area contributed by atoms with Crippen LogP contribution in [0.5, 0.6) is 0 Å². The van der Waals surface area contributed by atoms with E-state index in [1.807, 2.05) is 0 Å². The van der Waals surface area contributed by atoms with Crippen molar-refractivity contribution in [3.63, 3.8) is 0 Å². The summed E-state index contributed by atoms with van der Waals surface area (Å²) >= 11 is 10.6. The molecular weight excluding hydrogens is 410 g/mol. The van der Waals surface area contributed by atoms with E-state index in [1.165, 1.54) is 57.8 Å². The minimum Gasteiger partial charge on any atom is -0.394 e. The third-order valence-corrected chi connectivity index (χ3v) is 5.57. The first-order valence-corrected chi connectivity index (χ1v) is 13.7. The SMILES string of the molecule is CCCCCCCCCCCCCCCC(=O)C(OP(=O)(Cl)Cl)[C@@H](O)CO. The van der Waals surface area contributed by atoms with Gasteiger partial charge in [-0.25, -0.2) is 0 Å². The molecule has 0 saturated heterocycles. The average molecular weight is 447 g/mol. The van der Waals surface area contributed by atoms with E-state index >= 15 is 0 Å². The molecular formula is C19H37Cl2O5P. The number of halogens is 2. The van der Waals surface area contributed by atoms with Gasteiger partial charge in [-0.15, -0.1) is 0 Å². The van der Waals surface area contributed by atoms with E-state index in [1.54, 1.807) is 0 Å². The lowest BCUT2D eigenvalue weighted by Gasteiger charge is -2.20. The van der Waals surface area contributed by atoms with Crippen molar-refractivity contribution in [3.05, 3.63) is 0 Å². The topological polar surface area (TPSA) is 83.8 Å². The van der Waals surface area contributed by atoms with Crippen LogP contribution in [0.4, 0.5) is 0 Å². The second-order valence-corrected chi connectivity index (χ2v) is 11.4. The highest BCUT2D eigenvalue weighted by Gasteiger charge is 2.33. The summed E-state index contributed by atoms with van der Waals surface area (Å²) in [4.78, 5) is 12.1. The number of rotatable bonds is 19. The average Bonchev–Trinajstić information content (AvgIpc) is 2.62. The van der Waals surface area contributed by atoms with Crippen LogP contribution in [0.3, 0.4) is 0 Å². The van der Waals surface area contributed by atoms with E-state index < -0.39 is 30.7 Å². The molecule has 0 aromatic heterocycles. The van der Waals surface area contributed by atoms with Gasteiger partial charge >= 0.3 is 6.07 Å². The fourth-order valence-corrected chi connectivity index (χ4v) is 4.07. The number of hydrogen-bond donors (Lipinski definition) is 2. The first-order valence-electron chi connectivity index (χ1n) is 10.3. The lowest BCUT2D eigenvalue weighted by atomic mass is 10.0. The standard InChI is InChI=1S/C19H37Cl2O5P/c1-2-3-4-5-6-7-8-9-10-11-12-13-14-15-17(23)19(18(24)16-22)26-27(20,21)25/h18-19,22,24H,2-16H2,1H3/t18-,19?/m0/s1. The number of unbranched alkanes of at least 4 members (excludes halogenated alkanes) is 12. The molecule has 0 fully saturated rings. The molecule has 8 heteroatoms. The number of Topliss-reactive ketones (excluding diaryl/α,β-unsaturated/α-hetero) is 1. The molecule has 162 valence electrons. The highest BCUT2D eigenvalue weighted by Crippen LogP contribution is 2.58. The Hall–Kier alpha value is 0.360. The van der Waals surface area contributed by atoms with Gasteiger partial charge in [-0.1, -0.05) is 84.0 Å². The summed E-state index contributed by atoms with van der Waals surface area (Å²) in [6, 6.07) is 0. The van der Waals surface area contributed by atoms with Gasteiger partial charge in [-0.2, -0.15) is 0 Å². The maximum atomic E-state index is 12.1. The van der Waals surface area contributed by atoms with Crippen molar-refractivity contribution < 1.29 is 24.1 Å². The molecule has 2 N–H and O–H groups in total. The van der Waals surface area contributed by atoms with Gasteiger partial charge in [0.2, 0.25) is 0 Å². The van der Waals surface area contributed by atoms with Crippen LogP contribution in [0.1, 0.15) is 96.8 Å². The maximum Gasteiger partial charge on any atom is 0.380 e. The summed E-state index contributed by atoms with van der Waals surface area (Å²) in [6.07, 6.45) is 8.90. The van der Waals surface area contributed by atoms with Crippen molar-refractivity contribution in [1.29, 1.82) is 0 Å². The largest absolute Gasteiger partial charge is 0.394 e. The van der Waals surface area contributed by atoms with Crippen molar-refractivity contribution in [2.24, 2.45) is 0 Å². The first-order chi connectivity index (χ1) is 12.8. The summed E-state index contributed by atoms with van der Waals surface area (Å²) in [5, 5.41) is 18.6. The number of carbonyl (C=O) groups is 1. The fourth-order valence-electron chi connectivity index (χ4n) is 3.03. The van der Waals surface area contributed by atoms with E-state index in [-0.39, 0.29) is 6.42 Å². The molecule has 0 heterocycles. The van der Waals surface area contributed by atoms with Crippen LogP contribution < -0.4 is 0 Å². The lowest BCUT2D eigenvalue weighted by Crippen LogP contribution is -2.37. The molecule has 2 atom stereocenters. The molecule has 0 aliphatic heterocycles. The predicted octanol–water partition coefficient (Wildman–Crippen LogP) is 6.36. The van der Waals surface area contributed by atoms with Crippen LogP contribution >= 0.6 is 28.6 Å². The molecule has 0 aliphatic carbocycles. The van der Waals surface area contributed by atoms with Crippen LogP contribution in [-0.2, 0) is 13.9 Å². The number of hydrogen-bond acceptors (Lipinski definition) is 5. The van der Waals surface area contributed by atoms with E-state index in [2.05, 4.69) is 6.92 Å². The number of ketones is 1. The Morgan fingerprint density at radius 2 is 1.30 bits per heavy atom. The molecule has 1 unspecified atom stereocenters. The summed E-state index contributed by atoms with van der Waals surface area (Å²) < 4.78 is 16.0. The van der Waals surface area contributed by atoms with Gasteiger partial charge in [0, 0.05) is 6.42 Å². The van der Waals surface area contributed by atoms with Gasteiger partial charge in [0.1, 0.15) is 6.10 Å². The minimum absolute atomic E-state index is 0.174. The van der Waals surface area contributed by atoms with Crippen LogP contribution in [0.25, 0.3) is 0 Å². The Labute approximate surface area is 174 Å². The zero-order valence-electron chi connectivity index (χ0n) is 16.6. The Bertz CT molecular complexity index is 417. The molecule has 27 heavy (non-hydrogen) atoms. The molecule has 0 radical (unpaired) electrons. The molecule has 0 saturated carbocycles. The molecule has 0 rings (SSSR count). The van der Waals surface area contributed by atoms with Gasteiger partial charge in [0.25, 0.3) is 0 Å². The van der Waals surface area contributed by atoms with Crippen LogP contribution in [0, 0.1) is 0 Å². The second kappa shape index (κ2) is 17.2. The van der Waals surface area contributed by atoms with Crippen molar-refractivity contribution in [2.45, 2.75) is 109 Å². The first kappa shape index (κ1) is 27.4. The van der Waals surface area contributed by atoms with Crippen molar-refractivity contribution in [2.75, 3.05) is 6.61 Å². The van der Waals surface area contributed by atoms with E-state index in [4.69, 9.17) is 32.1 Å². The summed E-state index contributed by atoms with van der Waals surface area (Å²) in [5.41, 5.74) is 0. The monoisotopic (exact) mass is 446 g/mol. The van der Waals surface area contributed by atoms with Gasteiger partial charge in [0.15, 0.2) is 11.9 Å². The predicted molar refractivity (Wildman–Crippen MR) is 113 cm³/mol. The van der Waals surface area contributed by atoms with E-state index in [0.29, 0.717) is 6.42 Å². The Morgan fingerprint density at radius 1 is 0.889 bits per heavy atom. The highest BCUT2D eigenvalue weighted by molar-refractivity contribution is 8.05. The quantitative estimate of drug-likeness (QED) is 0.178. The summed E-state index contributed by atoms with van der Waals surface area (Å²) in [5.74, 6) is -0.443. The zero-order chi connectivity index (χ0) is 20.5. The number of carbonyl (C=O) groups excluding carboxylic acids is 1. The molecule has 0 aromatic rings. The Morgan fingerprint density at radius 3 is 1.67 bits per heavy atom. The molecule has 0 aromatic carbocycles. The van der Waals surface area contributed by atoms with Gasteiger partial charge in [-0.05, 0) is 28.9 Å². The lowest BCUT2D eigenvalue weighted by molar-refractivity contribution is -0.132. The maximum absolute atomic E-state index is 12.1. The number of aliphatic hydroxyl groups excluding tert-OH is 2. The molecule has 5 nitrogen and oxygen atoms in total. The molecule has 0 aliphatic rings. The highest BCUT2D eigenvalue weighted by atomic mass is 35.9. The van der Waals surface area contributed by atoms with Crippen molar-refractivity contribution in [1.82, 2.24) is 0 Å². The van der Waals surface area contributed by atoms with Crippen LogP contribution in [0.2, 0.25) is 0 Å². The Kier molecular flexibility index (Phi) is 17.5.